The average Bonchev–Trinajstić information content (AvgIpc) is 3.58. The molecule has 0 saturated carbocycles. The second-order valence-electron chi connectivity index (χ2n) is 10.2. The maximum absolute atomic E-state index is 6.08. The van der Waals surface area contributed by atoms with Crippen LogP contribution in [-0.4, -0.2) is 9.97 Å². The Hall–Kier alpha value is -5.06. The van der Waals surface area contributed by atoms with Gasteiger partial charge in [-0.25, -0.2) is 0 Å². The van der Waals surface area contributed by atoms with Crippen LogP contribution in [0.5, 0.6) is 0 Å². The van der Waals surface area contributed by atoms with Crippen LogP contribution in [0.2, 0.25) is 0 Å². The topological polar surface area (TPSA) is 38.9 Å². The lowest BCUT2D eigenvalue weighted by Gasteiger charge is -2.11. The number of hydrogen-bond donors (Lipinski definition) is 0. The van der Waals surface area contributed by atoms with E-state index in [1.54, 1.807) is 0 Å². The normalized spacial score (nSPS) is 12.0. The number of aromatic nitrogens is 2. The van der Waals surface area contributed by atoms with Crippen molar-refractivity contribution in [2.45, 2.75) is 0 Å². The Kier molecular flexibility index (Phi) is 4.48. The first-order valence-electron chi connectivity index (χ1n) is 13.3. The first-order chi connectivity index (χ1) is 19.8. The van der Waals surface area contributed by atoms with Gasteiger partial charge in [-0.2, -0.15) is 0 Å². The molecule has 4 aromatic heterocycles. The van der Waals surface area contributed by atoms with Crippen molar-refractivity contribution in [2.24, 2.45) is 0 Å². The fourth-order valence-corrected chi connectivity index (χ4v) is 7.24. The molecule has 3 nitrogen and oxygen atoms in total. The predicted octanol–water partition coefficient (Wildman–Crippen LogP) is 10.4. The monoisotopic (exact) mass is 528 g/mol. The number of nitrogens with zero attached hydrogens (tertiary/aromatic N) is 2. The molecule has 0 amide bonds. The van der Waals surface area contributed by atoms with Crippen LogP contribution >= 0.6 is 11.3 Å². The van der Waals surface area contributed by atoms with Crippen molar-refractivity contribution in [3.05, 3.63) is 122 Å². The molecule has 0 aliphatic rings. The van der Waals surface area contributed by atoms with Crippen molar-refractivity contribution in [1.29, 1.82) is 0 Å². The van der Waals surface area contributed by atoms with Crippen LogP contribution in [0.25, 0.3) is 86.2 Å². The fraction of sp³-hybridized carbons (Fsp3) is 0. The minimum absolute atomic E-state index is 0.916. The summed E-state index contributed by atoms with van der Waals surface area (Å²) >= 11 is 1.84. The molecule has 0 atom stereocenters. The third kappa shape index (κ3) is 3.11. The van der Waals surface area contributed by atoms with Gasteiger partial charge in [-0.3, -0.25) is 9.97 Å². The molecule has 5 aromatic carbocycles. The Balaban J connectivity index is 1.31. The lowest BCUT2D eigenvalue weighted by Crippen LogP contribution is -1.89. The number of fused-ring (bicyclic) bond motifs is 9. The summed E-state index contributed by atoms with van der Waals surface area (Å²) in [6.07, 6.45) is 3.78. The summed E-state index contributed by atoms with van der Waals surface area (Å²) in [7, 11) is 0. The van der Waals surface area contributed by atoms with Crippen LogP contribution < -0.4 is 0 Å². The first-order valence-corrected chi connectivity index (χ1v) is 14.1. The summed E-state index contributed by atoms with van der Waals surface area (Å²) in [5, 5.41) is 6.99. The van der Waals surface area contributed by atoms with Crippen molar-refractivity contribution in [2.75, 3.05) is 0 Å². The highest BCUT2D eigenvalue weighted by Gasteiger charge is 2.16. The zero-order valence-corrected chi connectivity index (χ0v) is 22.1. The molecule has 4 heterocycles. The molecule has 4 heteroatoms. The smallest absolute Gasteiger partial charge is 0.135 e. The predicted molar refractivity (Wildman–Crippen MR) is 168 cm³/mol. The molecule has 0 radical (unpaired) electrons. The molecular weight excluding hydrogens is 508 g/mol. The molecule has 0 aliphatic carbocycles. The number of rotatable bonds is 2. The van der Waals surface area contributed by atoms with Gasteiger partial charge in [0, 0.05) is 54.1 Å². The highest BCUT2D eigenvalue weighted by atomic mass is 32.1. The first kappa shape index (κ1) is 21.8. The van der Waals surface area contributed by atoms with Crippen LogP contribution in [0.4, 0.5) is 0 Å². The Morgan fingerprint density at radius 2 is 1.35 bits per heavy atom. The second-order valence-corrected chi connectivity index (χ2v) is 11.3. The van der Waals surface area contributed by atoms with Gasteiger partial charge >= 0.3 is 0 Å². The Labute approximate surface area is 233 Å². The van der Waals surface area contributed by atoms with E-state index in [1.165, 1.54) is 36.9 Å². The Morgan fingerprint density at radius 1 is 0.550 bits per heavy atom. The van der Waals surface area contributed by atoms with Crippen LogP contribution in [0.1, 0.15) is 0 Å². The van der Waals surface area contributed by atoms with Gasteiger partial charge in [0.15, 0.2) is 0 Å². The second kappa shape index (κ2) is 8.22. The van der Waals surface area contributed by atoms with Gasteiger partial charge < -0.3 is 4.42 Å². The Bertz CT molecular complexity index is 2450. The summed E-state index contributed by atoms with van der Waals surface area (Å²) in [6, 6.07) is 38.7. The summed E-state index contributed by atoms with van der Waals surface area (Å²) in [5.41, 5.74) is 8.54. The van der Waals surface area contributed by atoms with Gasteiger partial charge in [0.2, 0.25) is 0 Å². The van der Waals surface area contributed by atoms with Crippen LogP contribution in [0.15, 0.2) is 126 Å². The van der Waals surface area contributed by atoms with E-state index in [1.807, 2.05) is 41.9 Å². The fourth-order valence-electron chi connectivity index (χ4n) is 6.13. The van der Waals surface area contributed by atoms with E-state index in [-0.39, 0.29) is 0 Å². The molecule has 9 rings (SSSR count). The van der Waals surface area contributed by atoms with Crippen LogP contribution in [0, 0.1) is 0 Å². The number of pyridine rings is 2. The molecule has 9 aromatic rings. The molecule has 0 saturated heterocycles. The number of benzene rings is 5. The average molecular weight is 529 g/mol. The third-order valence-corrected chi connectivity index (χ3v) is 9.09. The molecule has 0 aliphatic heterocycles. The zero-order valence-electron chi connectivity index (χ0n) is 21.3. The summed E-state index contributed by atoms with van der Waals surface area (Å²) in [6.45, 7) is 0. The largest absolute Gasteiger partial charge is 0.456 e. The van der Waals surface area contributed by atoms with Crippen molar-refractivity contribution in [1.82, 2.24) is 9.97 Å². The molecule has 0 unspecified atom stereocenters. The van der Waals surface area contributed by atoms with Gasteiger partial charge in [-0.1, -0.05) is 54.6 Å². The molecular formula is C36H20N2OS. The summed E-state index contributed by atoms with van der Waals surface area (Å²) < 4.78 is 8.64. The van der Waals surface area contributed by atoms with Crippen LogP contribution in [0.3, 0.4) is 0 Å². The van der Waals surface area contributed by atoms with Crippen molar-refractivity contribution >= 4 is 75.3 Å². The van der Waals surface area contributed by atoms with E-state index in [9.17, 15) is 0 Å². The lowest BCUT2D eigenvalue weighted by molar-refractivity contribution is 0.669. The van der Waals surface area contributed by atoms with E-state index < -0.39 is 0 Å². The molecule has 40 heavy (non-hydrogen) atoms. The summed E-state index contributed by atoms with van der Waals surface area (Å²) in [4.78, 5) is 9.55. The van der Waals surface area contributed by atoms with E-state index >= 15 is 0 Å². The zero-order chi connectivity index (χ0) is 26.2. The maximum Gasteiger partial charge on any atom is 0.135 e. The van der Waals surface area contributed by atoms with Gasteiger partial charge in [0.1, 0.15) is 11.2 Å². The number of para-hydroxylation sites is 1. The standard InChI is InChI=1S/C36H20N2OS/c1-2-11-30-24(7-1)27-18-21(13-15-31(27)39-30)22-14-16-32-28(19-22)34-25(9-4-12-33(34)40-32)26-8-3-10-29-35(26)36-23(20-38-29)6-5-17-37-36/h1-20H. The minimum Gasteiger partial charge on any atom is -0.456 e. The molecule has 0 fully saturated rings. The van der Waals surface area contributed by atoms with Gasteiger partial charge in [0.05, 0.1) is 11.0 Å². The van der Waals surface area contributed by atoms with E-state index in [0.717, 1.165) is 49.3 Å². The molecule has 0 spiro atoms. The highest BCUT2D eigenvalue weighted by molar-refractivity contribution is 7.26. The maximum atomic E-state index is 6.08. The van der Waals surface area contributed by atoms with Gasteiger partial charge in [-0.05, 0) is 76.9 Å². The number of thiophene rings is 1. The molecule has 0 N–H and O–H groups in total. The van der Waals surface area contributed by atoms with Crippen molar-refractivity contribution in [3.63, 3.8) is 0 Å². The lowest BCUT2D eigenvalue weighted by atomic mass is 9.94. The van der Waals surface area contributed by atoms with Gasteiger partial charge in [-0.15, -0.1) is 11.3 Å². The van der Waals surface area contributed by atoms with Crippen molar-refractivity contribution < 1.29 is 4.42 Å². The highest BCUT2D eigenvalue weighted by Crippen LogP contribution is 2.44. The van der Waals surface area contributed by atoms with E-state index in [0.29, 0.717) is 0 Å². The van der Waals surface area contributed by atoms with E-state index in [2.05, 4.69) is 91.0 Å². The third-order valence-electron chi connectivity index (χ3n) is 7.96. The Morgan fingerprint density at radius 3 is 2.30 bits per heavy atom. The summed E-state index contributed by atoms with van der Waals surface area (Å²) in [5.74, 6) is 0. The minimum atomic E-state index is 0.916. The van der Waals surface area contributed by atoms with Gasteiger partial charge in [0.25, 0.3) is 0 Å². The van der Waals surface area contributed by atoms with Crippen molar-refractivity contribution in [3.8, 4) is 22.3 Å². The molecule has 0 bridgehead atoms. The quantitative estimate of drug-likeness (QED) is 0.210. The SMILES string of the molecule is c1cnc2c(c1)cnc1cccc(-c3cccc4sc5ccc(-c6ccc7oc8ccccc8c7c6)cc5c34)c12. The van der Waals surface area contributed by atoms with Crippen LogP contribution in [-0.2, 0) is 0 Å². The number of hydrogen-bond acceptors (Lipinski definition) is 4. The molecule has 186 valence electrons. The number of furan rings is 1. The van der Waals surface area contributed by atoms with E-state index in [4.69, 9.17) is 14.4 Å².